The van der Waals surface area contributed by atoms with Crippen molar-refractivity contribution in [2.45, 2.75) is 95.3 Å². The van der Waals surface area contributed by atoms with Gasteiger partial charge in [0.05, 0.1) is 6.10 Å². The first kappa shape index (κ1) is 25.0. The summed E-state index contributed by atoms with van der Waals surface area (Å²) >= 11 is 0. The second kappa shape index (κ2) is 10.1. The van der Waals surface area contributed by atoms with E-state index < -0.39 is 27.6 Å². The molecule has 1 aliphatic heterocycles. The van der Waals surface area contributed by atoms with Gasteiger partial charge >= 0.3 is 5.97 Å². The van der Waals surface area contributed by atoms with E-state index in [0.717, 1.165) is 37.7 Å². The van der Waals surface area contributed by atoms with E-state index in [1.54, 1.807) is 39.0 Å². The first-order chi connectivity index (χ1) is 15.0. The highest BCUT2D eigenvalue weighted by Crippen LogP contribution is 2.36. The number of esters is 1. The standard InChI is InChI=1S/C24H37NO6S/c1-17-10-11-22(21(15-17)30-19-8-5-7-18(16-19)12-14-26)32(28,29)25-13-6-9-20(25)23(27)31-24(2,3)4/h10-11,15,18-20,26H,5-9,12-14,16H2,1-4H3/t18-,19-,20+/m1/s1. The average Bonchev–Trinajstić information content (AvgIpc) is 3.18. The Bertz CT molecular complexity index is 906. The highest BCUT2D eigenvalue weighted by Gasteiger charge is 2.42. The van der Waals surface area contributed by atoms with Gasteiger partial charge in [0.15, 0.2) is 0 Å². The third-order valence-electron chi connectivity index (χ3n) is 6.13. The molecule has 1 aliphatic carbocycles. The number of sulfonamides is 1. The van der Waals surface area contributed by atoms with E-state index in [1.165, 1.54) is 4.31 Å². The Labute approximate surface area is 192 Å². The van der Waals surface area contributed by atoms with Crippen molar-refractivity contribution in [1.82, 2.24) is 4.31 Å². The molecule has 1 aromatic rings. The molecule has 1 aromatic carbocycles. The summed E-state index contributed by atoms with van der Waals surface area (Å²) in [6.07, 6.45) is 5.43. The highest BCUT2D eigenvalue weighted by molar-refractivity contribution is 7.89. The molecule has 3 atom stereocenters. The molecule has 8 heteroatoms. The Morgan fingerprint density at radius 1 is 1.19 bits per heavy atom. The predicted molar refractivity (Wildman–Crippen MR) is 122 cm³/mol. The summed E-state index contributed by atoms with van der Waals surface area (Å²) in [6.45, 7) is 7.67. The molecule has 180 valence electrons. The molecule has 0 amide bonds. The molecular weight excluding hydrogens is 430 g/mol. The molecule has 1 heterocycles. The van der Waals surface area contributed by atoms with Gasteiger partial charge in [-0.3, -0.25) is 4.79 Å². The first-order valence-electron chi connectivity index (χ1n) is 11.6. The second-order valence-electron chi connectivity index (χ2n) is 10.0. The van der Waals surface area contributed by atoms with Crippen LogP contribution in [0.1, 0.15) is 71.3 Å². The fourth-order valence-corrected chi connectivity index (χ4v) is 6.40. The molecule has 0 bridgehead atoms. The van der Waals surface area contributed by atoms with Gasteiger partial charge in [-0.15, -0.1) is 0 Å². The summed E-state index contributed by atoms with van der Waals surface area (Å²) in [6, 6.07) is 4.28. The van der Waals surface area contributed by atoms with Crippen molar-refractivity contribution in [2.24, 2.45) is 5.92 Å². The Balaban J connectivity index is 1.85. The van der Waals surface area contributed by atoms with Crippen molar-refractivity contribution < 1.29 is 27.8 Å². The van der Waals surface area contributed by atoms with Crippen LogP contribution in [-0.4, -0.2) is 54.7 Å². The minimum Gasteiger partial charge on any atom is -0.489 e. The number of nitrogens with zero attached hydrogens (tertiary/aromatic N) is 1. The lowest BCUT2D eigenvalue weighted by Crippen LogP contribution is -2.43. The van der Waals surface area contributed by atoms with E-state index in [4.69, 9.17) is 9.47 Å². The number of aliphatic hydroxyl groups excluding tert-OH is 1. The molecular formula is C24H37NO6S. The van der Waals surface area contributed by atoms with Crippen LogP contribution in [0.25, 0.3) is 0 Å². The number of carbonyl (C=O) groups is 1. The molecule has 1 saturated carbocycles. The largest absolute Gasteiger partial charge is 0.489 e. The van der Waals surface area contributed by atoms with E-state index in [-0.39, 0.29) is 24.2 Å². The lowest BCUT2D eigenvalue weighted by atomic mass is 9.85. The first-order valence-corrected chi connectivity index (χ1v) is 13.1. The van der Waals surface area contributed by atoms with Gasteiger partial charge in [0, 0.05) is 13.2 Å². The normalized spacial score (nSPS) is 25.0. The van der Waals surface area contributed by atoms with E-state index in [9.17, 15) is 18.3 Å². The maximum atomic E-state index is 13.7. The number of benzene rings is 1. The molecule has 1 N–H and O–H groups in total. The summed E-state index contributed by atoms with van der Waals surface area (Å²) < 4.78 is 40.3. The van der Waals surface area contributed by atoms with Crippen LogP contribution < -0.4 is 4.74 Å². The second-order valence-corrected chi connectivity index (χ2v) is 11.9. The molecule has 2 fully saturated rings. The van der Waals surface area contributed by atoms with Crippen molar-refractivity contribution in [3.8, 4) is 5.75 Å². The Morgan fingerprint density at radius 2 is 1.94 bits per heavy atom. The van der Waals surface area contributed by atoms with Crippen LogP contribution in [0.4, 0.5) is 0 Å². The Kier molecular flexibility index (Phi) is 7.89. The third kappa shape index (κ3) is 6.02. The van der Waals surface area contributed by atoms with E-state index >= 15 is 0 Å². The number of hydrogen-bond acceptors (Lipinski definition) is 6. The van der Waals surface area contributed by atoms with Gasteiger partial charge in [-0.1, -0.05) is 12.5 Å². The van der Waals surface area contributed by atoms with Crippen molar-refractivity contribution in [3.63, 3.8) is 0 Å². The minimum absolute atomic E-state index is 0.0868. The smallest absolute Gasteiger partial charge is 0.324 e. The van der Waals surface area contributed by atoms with E-state index in [1.807, 2.05) is 6.92 Å². The van der Waals surface area contributed by atoms with Crippen LogP contribution in [0.3, 0.4) is 0 Å². The van der Waals surface area contributed by atoms with Crippen molar-refractivity contribution in [3.05, 3.63) is 23.8 Å². The number of hydrogen-bond donors (Lipinski definition) is 1. The number of aryl methyl sites for hydroxylation is 1. The van der Waals surface area contributed by atoms with Crippen molar-refractivity contribution >= 4 is 16.0 Å². The summed E-state index contributed by atoms with van der Waals surface area (Å²) in [4.78, 5) is 12.8. The molecule has 2 aliphatic rings. The number of aliphatic hydroxyl groups is 1. The topological polar surface area (TPSA) is 93.1 Å². The zero-order chi connectivity index (χ0) is 23.5. The lowest BCUT2D eigenvalue weighted by molar-refractivity contribution is -0.158. The van der Waals surface area contributed by atoms with E-state index in [0.29, 0.717) is 24.5 Å². The number of ether oxygens (including phenoxy) is 2. The van der Waals surface area contributed by atoms with Crippen LogP contribution in [0, 0.1) is 12.8 Å². The Hall–Kier alpha value is -1.64. The van der Waals surface area contributed by atoms with Gasteiger partial charge in [0.1, 0.15) is 22.3 Å². The molecule has 0 radical (unpaired) electrons. The lowest BCUT2D eigenvalue weighted by Gasteiger charge is -2.31. The molecule has 1 saturated heterocycles. The molecule has 0 spiro atoms. The van der Waals surface area contributed by atoms with Crippen molar-refractivity contribution in [1.29, 1.82) is 0 Å². The van der Waals surface area contributed by atoms with Crippen LogP contribution in [-0.2, 0) is 19.6 Å². The SMILES string of the molecule is Cc1ccc(S(=O)(=O)N2CCC[C@H]2C(=O)OC(C)(C)C)c(O[C@@H]2CCC[C@H](CCO)C2)c1. The van der Waals surface area contributed by atoms with Gasteiger partial charge in [0.2, 0.25) is 10.0 Å². The number of carbonyl (C=O) groups excluding carboxylic acids is 1. The summed E-state index contributed by atoms with van der Waals surface area (Å²) in [5.74, 6) is 0.223. The summed E-state index contributed by atoms with van der Waals surface area (Å²) in [5.41, 5.74) is 0.228. The molecule has 0 unspecified atom stereocenters. The zero-order valence-corrected chi connectivity index (χ0v) is 20.5. The minimum atomic E-state index is -3.94. The summed E-state index contributed by atoms with van der Waals surface area (Å²) in [7, 11) is -3.94. The van der Waals surface area contributed by atoms with Gasteiger partial charge < -0.3 is 14.6 Å². The van der Waals surface area contributed by atoms with Crippen molar-refractivity contribution in [2.75, 3.05) is 13.2 Å². The van der Waals surface area contributed by atoms with E-state index in [2.05, 4.69) is 0 Å². The molecule has 7 nitrogen and oxygen atoms in total. The zero-order valence-electron chi connectivity index (χ0n) is 19.7. The molecule has 32 heavy (non-hydrogen) atoms. The van der Waals surface area contributed by atoms with Crippen LogP contribution in [0.5, 0.6) is 5.75 Å². The fourth-order valence-electron chi connectivity index (χ4n) is 4.65. The predicted octanol–water partition coefficient (Wildman–Crippen LogP) is 3.81. The molecule has 3 rings (SSSR count). The maximum absolute atomic E-state index is 13.7. The molecule has 0 aromatic heterocycles. The van der Waals surface area contributed by atoms with Gasteiger partial charge in [0.25, 0.3) is 0 Å². The highest BCUT2D eigenvalue weighted by atomic mass is 32.2. The third-order valence-corrected chi connectivity index (χ3v) is 8.08. The van der Waals surface area contributed by atoms with Gasteiger partial charge in [-0.25, -0.2) is 8.42 Å². The average molecular weight is 468 g/mol. The van der Waals surface area contributed by atoms with Gasteiger partial charge in [-0.05, 0) is 89.8 Å². The number of rotatable bonds is 7. The monoisotopic (exact) mass is 467 g/mol. The van der Waals surface area contributed by atoms with Crippen LogP contribution in [0.15, 0.2) is 23.1 Å². The fraction of sp³-hybridized carbons (Fsp3) is 0.708. The van der Waals surface area contributed by atoms with Gasteiger partial charge in [-0.2, -0.15) is 4.31 Å². The van der Waals surface area contributed by atoms with Crippen LogP contribution in [0.2, 0.25) is 0 Å². The quantitative estimate of drug-likeness (QED) is 0.613. The Morgan fingerprint density at radius 3 is 2.62 bits per heavy atom. The maximum Gasteiger partial charge on any atom is 0.324 e. The summed E-state index contributed by atoms with van der Waals surface area (Å²) in [5, 5.41) is 9.28. The van der Waals surface area contributed by atoms with Crippen LogP contribution >= 0.6 is 0 Å².